The second kappa shape index (κ2) is 13.9. The van der Waals surface area contributed by atoms with E-state index in [-0.39, 0.29) is 16.9 Å². The van der Waals surface area contributed by atoms with Crippen molar-refractivity contribution in [2.75, 3.05) is 9.80 Å². The Kier molecular flexibility index (Phi) is 8.13. The van der Waals surface area contributed by atoms with Gasteiger partial charge in [0.05, 0.1) is 34.0 Å². The van der Waals surface area contributed by atoms with Gasteiger partial charge in [-0.1, -0.05) is 173 Å². The fourth-order valence-corrected chi connectivity index (χ4v) is 12.0. The summed E-state index contributed by atoms with van der Waals surface area (Å²) >= 11 is 0. The quantitative estimate of drug-likeness (QED) is 0.158. The summed E-state index contributed by atoms with van der Waals surface area (Å²) < 4.78 is 2.69. The maximum Gasteiger partial charge on any atom is 0.0582 e. The summed E-state index contributed by atoms with van der Waals surface area (Å²) in [5.41, 5.74) is 16.4. The summed E-state index contributed by atoms with van der Waals surface area (Å²) in [6.07, 6.45) is 3.53. The van der Waals surface area contributed by atoms with Crippen LogP contribution in [0, 0.1) is 0 Å². The first-order valence-electron chi connectivity index (χ1n) is 23.1. The van der Waals surface area contributed by atoms with Crippen LogP contribution in [-0.4, -0.2) is 10.6 Å². The molecule has 3 aliphatic rings. The lowest BCUT2D eigenvalue weighted by Crippen LogP contribution is -2.49. The lowest BCUT2D eigenvalue weighted by molar-refractivity contribution is 0.585. The van der Waals surface area contributed by atoms with Crippen LogP contribution in [0.4, 0.5) is 28.4 Å². The second-order valence-electron chi connectivity index (χ2n) is 19.3. The first kappa shape index (κ1) is 37.9. The molecule has 0 amide bonds. The number of para-hydroxylation sites is 4. The number of hydrogen-bond acceptors (Lipinski definition) is 2. The lowest BCUT2D eigenvalue weighted by Gasteiger charge is -2.44. The molecular weight excluding hydrogens is 787 g/mol. The van der Waals surface area contributed by atoms with Crippen molar-refractivity contribution in [2.45, 2.75) is 51.0 Å². The smallest absolute Gasteiger partial charge is 0.0582 e. The molecule has 1 unspecified atom stereocenters. The zero-order chi connectivity index (χ0) is 43.6. The fraction of sp³-hybridized carbons (Fsp3) is 0.129. The molecule has 0 spiro atoms. The molecule has 2 aliphatic heterocycles. The Bertz CT molecular complexity index is 3650. The molecule has 13 rings (SSSR count). The Morgan fingerprint density at radius 2 is 1.05 bits per heavy atom. The summed E-state index contributed by atoms with van der Waals surface area (Å²) in [5.74, 6) is 0. The second-order valence-corrected chi connectivity index (χ2v) is 19.3. The van der Waals surface area contributed by atoms with E-state index in [4.69, 9.17) is 0 Å². The molecule has 0 fully saturated rings. The van der Waals surface area contributed by atoms with Crippen LogP contribution in [0.1, 0.15) is 50.8 Å². The van der Waals surface area contributed by atoms with E-state index in [1.807, 2.05) is 0 Å². The molecule has 0 N–H and O–H groups in total. The summed E-state index contributed by atoms with van der Waals surface area (Å²) in [7, 11) is 0. The van der Waals surface area contributed by atoms with Crippen molar-refractivity contribution in [2.24, 2.45) is 0 Å². The third kappa shape index (κ3) is 5.42. The molecule has 0 saturated heterocycles. The first-order chi connectivity index (χ1) is 31.8. The van der Waals surface area contributed by atoms with Gasteiger partial charge in [-0.25, -0.2) is 0 Å². The Hall–Kier alpha value is -7.62. The van der Waals surface area contributed by atoms with Crippen molar-refractivity contribution in [1.82, 2.24) is 4.57 Å². The van der Waals surface area contributed by atoms with E-state index < -0.39 is 0 Å². The molecule has 1 aromatic heterocycles. The van der Waals surface area contributed by atoms with Gasteiger partial charge in [-0.3, -0.25) is 0 Å². The van der Waals surface area contributed by atoms with Crippen LogP contribution < -0.4 is 20.4 Å². The third-order valence-electron chi connectivity index (χ3n) is 15.1. The van der Waals surface area contributed by atoms with E-state index >= 15 is 0 Å². The van der Waals surface area contributed by atoms with E-state index in [2.05, 4.69) is 248 Å². The lowest BCUT2D eigenvalue weighted by atomic mass is 9.67. The standard InChI is InChI=1S/C62H49N3/c1-61(2)52-31-19-32-53-60(52)65-58-50(51-38-45(39-55(59(51)65)62(53,3)4)63(42-22-8-5-9-23-42)43-24-10-6-11-25-43)36-41(37-54(58)61)46-34-35-57(49-30-17-16-29-48(46)49)64(44-26-12-7-13-27-44)56-33-18-21-40-20-14-15-28-47(40)56/h5-38,45H,39H2,1-4H3. The van der Waals surface area contributed by atoms with Crippen LogP contribution in [0.25, 0.3) is 60.9 Å². The summed E-state index contributed by atoms with van der Waals surface area (Å²) in [6.45, 7) is 9.84. The molecule has 65 heavy (non-hydrogen) atoms. The minimum Gasteiger partial charge on any atom is -0.334 e. The van der Waals surface area contributed by atoms with Gasteiger partial charge >= 0.3 is 0 Å². The average molecular weight is 836 g/mol. The van der Waals surface area contributed by atoms with E-state index in [1.54, 1.807) is 0 Å². The van der Waals surface area contributed by atoms with Gasteiger partial charge < -0.3 is 14.4 Å². The third-order valence-corrected chi connectivity index (χ3v) is 15.1. The van der Waals surface area contributed by atoms with Gasteiger partial charge in [-0.15, -0.1) is 0 Å². The maximum atomic E-state index is 2.69. The van der Waals surface area contributed by atoms with Gasteiger partial charge in [0.1, 0.15) is 0 Å². The van der Waals surface area contributed by atoms with Gasteiger partial charge in [-0.2, -0.15) is 0 Å². The van der Waals surface area contributed by atoms with Crippen molar-refractivity contribution in [3.8, 4) is 16.8 Å². The van der Waals surface area contributed by atoms with Gasteiger partial charge in [0.15, 0.2) is 0 Å². The molecule has 1 aliphatic carbocycles. The normalized spacial score (nSPS) is 16.1. The zero-order valence-corrected chi connectivity index (χ0v) is 37.3. The van der Waals surface area contributed by atoms with Crippen molar-refractivity contribution in [3.05, 3.63) is 227 Å². The molecule has 3 heterocycles. The highest BCUT2D eigenvalue weighted by Gasteiger charge is 2.45. The van der Waals surface area contributed by atoms with E-state index in [0.717, 1.165) is 23.5 Å². The molecule has 312 valence electrons. The molecule has 10 aromatic rings. The minimum absolute atomic E-state index is 0.101. The van der Waals surface area contributed by atoms with Crippen LogP contribution in [0.2, 0.25) is 0 Å². The van der Waals surface area contributed by atoms with Crippen molar-refractivity contribution >= 4 is 72.5 Å². The van der Waals surface area contributed by atoms with Crippen molar-refractivity contribution in [3.63, 3.8) is 0 Å². The number of fused-ring (bicyclic) bond motifs is 3. The summed E-state index contributed by atoms with van der Waals surface area (Å²) in [6, 6.07) is 74.2. The Morgan fingerprint density at radius 1 is 0.477 bits per heavy atom. The topological polar surface area (TPSA) is 11.4 Å². The van der Waals surface area contributed by atoms with Crippen LogP contribution in [0.15, 0.2) is 200 Å². The highest BCUT2D eigenvalue weighted by molar-refractivity contribution is 6.10. The molecule has 0 saturated carbocycles. The Balaban J connectivity index is 1.09. The van der Waals surface area contributed by atoms with Gasteiger partial charge in [0.25, 0.3) is 0 Å². The number of aromatic nitrogens is 1. The van der Waals surface area contributed by atoms with E-state index in [1.165, 1.54) is 93.5 Å². The molecule has 1 atom stereocenters. The molecule has 0 bridgehead atoms. The van der Waals surface area contributed by atoms with Crippen LogP contribution in [0.3, 0.4) is 0 Å². The number of anilines is 5. The molecule has 0 radical (unpaired) electrons. The van der Waals surface area contributed by atoms with Crippen molar-refractivity contribution < 1.29 is 0 Å². The molecule has 3 nitrogen and oxygen atoms in total. The number of benzene rings is 9. The molecule has 3 heteroatoms. The van der Waals surface area contributed by atoms with Crippen LogP contribution in [0.5, 0.6) is 0 Å². The number of hydrogen-bond donors (Lipinski definition) is 0. The molecule has 9 aromatic carbocycles. The van der Waals surface area contributed by atoms with Gasteiger partial charge in [0, 0.05) is 49.3 Å². The average Bonchev–Trinajstić information content (AvgIpc) is 3.68. The molecular formula is C62H49N3. The number of rotatable bonds is 7. The largest absolute Gasteiger partial charge is 0.334 e. The summed E-state index contributed by atoms with van der Waals surface area (Å²) in [5, 5.41) is 8.98. The first-order valence-corrected chi connectivity index (χ1v) is 23.1. The monoisotopic (exact) mass is 835 g/mol. The van der Waals surface area contributed by atoms with Crippen molar-refractivity contribution in [1.29, 1.82) is 0 Å². The zero-order valence-electron chi connectivity index (χ0n) is 37.3. The van der Waals surface area contributed by atoms with Gasteiger partial charge in [0.2, 0.25) is 0 Å². The predicted octanol–water partition coefficient (Wildman–Crippen LogP) is 14.5. The SMILES string of the molecule is CC1(C)C2=c3c(c4cc(-c5ccc(N(c6ccccc6)c6cccc7ccccc67)c6ccccc56)cc5c4n3-c3c1cccc3C5(C)C)=CC(N(c1ccccc1)c1ccccc1)C2. The Morgan fingerprint density at radius 3 is 1.75 bits per heavy atom. The maximum absolute atomic E-state index is 2.69. The summed E-state index contributed by atoms with van der Waals surface area (Å²) in [4.78, 5) is 5.01. The van der Waals surface area contributed by atoms with Crippen LogP contribution in [-0.2, 0) is 10.8 Å². The van der Waals surface area contributed by atoms with E-state index in [0.29, 0.717) is 0 Å². The minimum atomic E-state index is -0.238. The van der Waals surface area contributed by atoms with Gasteiger partial charge in [-0.05, 0) is 111 Å². The fourth-order valence-electron chi connectivity index (χ4n) is 12.0. The highest BCUT2D eigenvalue weighted by atomic mass is 15.2. The predicted molar refractivity (Wildman–Crippen MR) is 274 cm³/mol. The number of nitrogens with zero attached hydrogens (tertiary/aromatic N) is 3. The van der Waals surface area contributed by atoms with Crippen LogP contribution >= 0.6 is 0 Å². The Labute approximate surface area is 380 Å². The highest BCUT2D eigenvalue weighted by Crippen LogP contribution is 2.53. The van der Waals surface area contributed by atoms with E-state index in [9.17, 15) is 0 Å².